The second-order valence-corrected chi connectivity index (χ2v) is 21.8. The lowest BCUT2D eigenvalue weighted by molar-refractivity contribution is -0.141. The Bertz CT molecular complexity index is 2520. The molecule has 0 spiro atoms. The van der Waals surface area contributed by atoms with E-state index in [1.165, 1.54) is 39.3 Å². The van der Waals surface area contributed by atoms with Gasteiger partial charge in [0.25, 0.3) is 18.3 Å². The predicted molar refractivity (Wildman–Crippen MR) is 278 cm³/mol. The third-order valence-electron chi connectivity index (χ3n) is 15.6. The van der Waals surface area contributed by atoms with Crippen LogP contribution in [-0.4, -0.2) is 117 Å². The molecular formula is C58H79N3O12. The normalized spacial score (nSPS) is 23.1. The highest BCUT2D eigenvalue weighted by Gasteiger charge is 2.47. The Kier molecular flexibility index (Phi) is 17.9. The topological polar surface area (TPSA) is 185 Å². The van der Waals surface area contributed by atoms with Gasteiger partial charge in [-0.15, -0.1) is 0 Å². The van der Waals surface area contributed by atoms with E-state index in [4.69, 9.17) is 23.7 Å². The van der Waals surface area contributed by atoms with Crippen molar-refractivity contribution in [2.24, 2.45) is 0 Å². The average molecular weight is 1010 g/mol. The minimum atomic E-state index is -1.05. The van der Waals surface area contributed by atoms with Crippen LogP contribution < -0.4 is 14.2 Å². The smallest absolute Gasteiger partial charge is 0.415 e. The summed E-state index contributed by atoms with van der Waals surface area (Å²) in [4.78, 5) is 59.1. The van der Waals surface area contributed by atoms with Crippen LogP contribution in [0.1, 0.15) is 175 Å². The molecule has 2 aromatic carbocycles. The Morgan fingerprint density at radius 1 is 0.781 bits per heavy atom. The number of hydrogen-bond donors (Lipinski definition) is 3. The van der Waals surface area contributed by atoms with Crippen LogP contribution in [0.3, 0.4) is 0 Å². The fourth-order valence-corrected chi connectivity index (χ4v) is 10.8. The highest BCUT2D eigenvalue weighted by atomic mass is 16.6. The Balaban J connectivity index is 1.07. The Morgan fingerprint density at radius 3 is 1.90 bits per heavy atom. The number of nitrogens with zero attached hydrogens (tertiary/aromatic N) is 3. The molecule has 5 aliphatic rings. The first kappa shape index (κ1) is 55.1. The maximum atomic E-state index is 14.6. The lowest BCUT2D eigenvalue weighted by Crippen LogP contribution is -2.49. The summed E-state index contributed by atoms with van der Waals surface area (Å²) in [6, 6.07) is 2.90. The molecule has 0 bridgehead atoms. The van der Waals surface area contributed by atoms with E-state index in [1.54, 1.807) is 16.8 Å². The summed E-state index contributed by atoms with van der Waals surface area (Å²) in [5, 5.41) is 34.2. The maximum absolute atomic E-state index is 14.6. The summed E-state index contributed by atoms with van der Waals surface area (Å²) in [6.45, 7) is 18.1. The van der Waals surface area contributed by atoms with Crippen molar-refractivity contribution in [3.8, 4) is 23.0 Å². The number of aliphatic hydroxyl groups excluding tert-OH is 2. The van der Waals surface area contributed by atoms with Crippen LogP contribution in [-0.2, 0) is 40.2 Å². The van der Waals surface area contributed by atoms with Gasteiger partial charge in [0, 0.05) is 74.4 Å². The highest BCUT2D eigenvalue weighted by molar-refractivity contribution is 6.01. The van der Waals surface area contributed by atoms with Crippen molar-refractivity contribution in [2.45, 2.75) is 194 Å². The number of aromatic hydroxyl groups is 1. The van der Waals surface area contributed by atoms with E-state index >= 15 is 0 Å². The molecule has 5 heterocycles. The minimum Gasteiger partial charge on any atom is -0.508 e. The van der Waals surface area contributed by atoms with Gasteiger partial charge in [-0.3, -0.25) is 19.3 Å². The number of aliphatic hydroxyl groups is 2. The molecule has 73 heavy (non-hydrogen) atoms. The van der Waals surface area contributed by atoms with Crippen LogP contribution in [0.2, 0.25) is 0 Å². The molecule has 3 amide bonds. The number of phenols is 1. The van der Waals surface area contributed by atoms with E-state index in [1.807, 2.05) is 13.8 Å². The number of carbonyl (C=O) groups excluding carboxylic acids is 4. The van der Waals surface area contributed by atoms with E-state index in [0.717, 1.165) is 25.7 Å². The lowest BCUT2D eigenvalue weighted by atomic mass is 9.84. The SMILES string of the molecule is CC(C)=CCC/C(C)=C/CC[C@@]1(C)Oc2c(c(O)cc3c2CN(CCC[C@@H](OC=O)N2Cc4c(cc(OC(=O)N(C)C5CCOCC5)c5c4O[C@](C)(CC/C=C(\C)CCC=C(C)C)[C@@H](O)C5)C2=O)C3=O)C[C@@H]1O. The van der Waals surface area contributed by atoms with Gasteiger partial charge in [-0.1, -0.05) is 46.6 Å². The average Bonchev–Trinajstić information content (AvgIpc) is 3.84. The minimum absolute atomic E-state index is 0.0213. The molecule has 0 aromatic heterocycles. The first-order valence-corrected chi connectivity index (χ1v) is 26.3. The van der Waals surface area contributed by atoms with Gasteiger partial charge >= 0.3 is 6.09 Å². The van der Waals surface area contributed by atoms with Gasteiger partial charge in [0.2, 0.25) is 0 Å². The number of amides is 3. The Hall–Kier alpha value is -5.64. The number of fused-ring (bicyclic) bond motifs is 6. The molecule has 15 heteroatoms. The van der Waals surface area contributed by atoms with E-state index in [0.29, 0.717) is 104 Å². The molecule has 7 rings (SSSR count). The van der Waals surface area contributed by atoms with Crippen LogP contribution in [0.15, 0.2) is 58.7 Å². The monoisotopic (exact) mass is 1010 g/mol. The van der Waals surface area contributed by atoms with Gasteiger partial charge in [0.05, 0.1) is 36.4 Å². The molecule has 0 aliphatic carbocycles. The van der Waals surface area contributed by atoms with E-state index < -0.39 is 41.6 Å². The van der Waals surface area contributed by atoms with E-state index in [2.05, 4.69) is 65.8 Å². The molecule has 0 saturated carbocycles. The number of allylic oxidation sites excluding steroid dienone is 8. The fraction of sp³-hybridized carbons (Fsp3) is 0.586. The number of phenolic OH excluding ortho intramolecular Hbond substituents is 1. The van der Waals surface area contributed by atoms with E-state index in [-0.39, 0.29) is 67.9 Å². The first-order chi connectivity index (χ1) is 34.7. The van der Waals surface area contributed by atoms with Crippen LogP contribution in [0.5, 0.6) is 23.0 Å². The van der Waals surface area contributed by atoms with Crippen LogP contribution in [0.4, 0.5) is 4.79 Å². The van der Waals surface area contributed by atoms with Gasteiger partial charge < -0.3 is 48.8 Å². The molecule has 5 aliphatic heterocycles. The quantitative estimate of drug-likeness (QED) is 0.0796. The number of carbonyl (C=O) groups is 4. The second kappa shape index (κ2) is 23.7. The molecule has 15 nitrogen and oxygen atoms in total. The second-order valence-electron chi connectivity index (χ2n) is 21.8. The molecule has 1 fully saturated rings. The standard InChI is InChI=1S/C58H79N3O12/c1-36(2)15-10-17-38(5)19-12-24-57(7)49(64)31-43-47(63)29-41-45(52(43)72-57)33-60(54(41)66)26-14-21-51(70-35-62)61-34-46-42(55(61)67)30-48(71-56(68)59(9)40-22-27-69-28-23-40)44-32-50(65)58(8,73-53(44)46)25-13-20-39(6)18-11-16-37(3)4/h15-16,19-20,29-30,35,40,49-51,63-65H,10-14,17-18,21-28,31-34H2,1-9H3/b38-19+,39-20+/t49-,50-,51+,57+,58+/m0/s1. The maximum Gasteiger partial charge on any atom is 0.415 e. The number of rotatable bonds is 21. The van der Waals surface area contributed by atoms with Crippen molar-refractivity contribution in [1.82, 2.24) is 14.7 Å². The van der Waals surface area contributed by atoms with Gasteiger partial charge in [-0.05, 0) is 138 Å². The van der Waals surface area contributed by atoms with Crippen molar-refractivity contribution in [2.75, 3.05) is 26.8 Å². The van der Waals surface area contributed by atoms with Gasteiger partial charge in [0.15, 0.2) is 6.23 Å². The van der Waals surface area contributed by atoms with Crippen molar-refractivity contribution < 1.29 is 58.2 Å². The Labute approximate surface area is 431 Å². The largest absolute Gasteiger partial charge is 0.508 e. The summed E-state index contributed by atoms with van der Waals surface area (Å²) >= 11 is 0. The van der Waals surface area contributed by atoms with Crippen molar-refractivity contribution >= 4 is 24.4 Å². The summed E-state index contributed by atoms with van der Waals surface area (Å²) in [5.41, 5.74) is 5.78. The third kappa shape index (κ3) is 12.7. The Morgan fingerprint density at radius 2 is 1.33 bits per heavy atom. The van der Waals surface area contributed by atoms with Crippen LogP contribution in [0, 0.1) is 0 Å². The molecule has 5 atom stereocenters. The van der Waals surface area contributed by atoms with E-state index in [9.17, 15) is 34.5 Å². The molecular weight excluding hydrogens is 931 g/mol. The molecule has 0 unspecified atom stereocenters. The summed E-state index contributed by atoms with van der Waals surface area (Å²) in [7, 11) is 1.68. The van der Waals surface area contributed by atoms with Crippen molar-refractivity contribution in [3.63, 3.8) is 0 Å². The first-order valence-electron chi connectivity index (χ1n) is 26.3. The molecule has 2 aromatic rings. The predicted octanol–water partition coefficient (Wildman–Crippen LogP) is 9.95. The molecule has 398 valence electrons. The lowest BCUT2D eigenvalue weighted by Gasteiger charge is -2.41. The summed E-state index contributed by atoms with van der Waals surface area (Å²) in [6.07, 6.45) is 13.6. The third-order valence-corrected chi connectivity index (χ3v) is 15.6. The highest BCUT2D eigenvalue weighted by Crippen LogP contribution is 2.49. The number of ether oxygens (including phenoxy) is 5. The molecule has 1 saturated heterocycles. The van der Waals surface area contributed by atoms with Crippen LogP contribution >= 0.6 is 0 Å². The number of benzene rings is 2. The zero-order valence-corrected chi connectivity index (χ0v) is 44.6. The van der Waals surface area contributed by atoms with Gasteiger partial charge in [-0.2, -0.15) is 0 Å². The molecule has 0 radical (unpaired) electrons. The zero-order valence-electron chi connectivity index (χ0n) is 44.6. The molecule has 3 N–H and O–H groups in total. The van der Waals surface area contributed by atoms with Gasteiger partial charge in [-0.25, -0.2) is 4.79 Å². The fourth-order valence-electron chi connectivity index (χ4n) is 10.8. The summed E-state index contributed by atoms with van der Waals surface area (Å²) in [5.74, 6) is 0.0793. The summed E-state index contributed by atoms with van der Waals surface area (Å²) < 4.78 is 30.7. The van der Waals surface area contributed by atoms with Crippen molar-refractivity contribution in [3.05, 3.63) is 92.1 Å². The van der Waals surface area contributed by atoms with Gasteiger partial charge in [0.1, 0.15) is 34.2 Å². The zero-order chi connectivity index (χ0) is 52.8. The number of hydrogen-bond acceptors (Lipinski definition) is 12. The van der Waals surface area contributed by atoms with Crippen molar-refractivity contribution in [1.29, 1.82) is 0 Å². The van der Waals surface area contributed by atoms with Crippen LogP contribution in [0.25, 0.3) is 0 Å².